The van der Waals surface area contributed by atoms with Crippen LogP contribution in [-0.4, -0.2) is 5.24 Å². The number of aryl methyl sites for hydroxylation is 2. The summed E-state index contributed by atoms with van der Waals surface area (Å²) >= 11 is 5.51. The molecule has 0 aliphatic heterocycles. The Hall–Kier alpha value is -1.80. The molecule has 0 unspecified atom stereocenters. The quantitative estimate of drug-likeness (QED) is 0.761. The van der Waals surface area contributed by atoms with Gasteiger partial charge in [-0.1, -0.05) is 18.2 Å². The fourth-order valence-electron chi connectivity index (χ4n) is 1.62. The average molecular weight is 261 g/mol. The van der Waals surface area contributed by atoms with Gasteiger partial charge in [-0.25, -0.2) is 0 Å². The second-order valence-corrected chi connectivity index (χ2v) is 4.46. The molecule has 2 aromatic rings. The molecule has 3 heteroatoms. The Kier molecular flexibility index (Phi) is 3.68. The van der Waals surface area contributed by atoms with Crippen molar-refractivity contribution in [2.45, 2.75) is 13.8 Å². The molecule has 0 saturated carbocycles. The van der Waals surface area contributed by atoms with Crippen LogP contribution in [0.3, 0.4) is 0 Å². The smallest absolute Gasteiger partial charge is 0.256 e. The third-order valence-electron chi connectivity index (χ3n) is 2.80. The minimum Gasteiger partial charge on any atom is -0.457 e. The van der Waals surface area contributed by atoms with E-state index in [-0.39, 0.29) is 0 Å². The number of para-hydroxylation sites is 1. The molecular weight excluding hydrogens is 248 g/mol. The Morgan fingerprint density at radius 2 is 1.78 bits per heavy atom. The van der Waals surface area contributed by atoms with Crippen LogP contribution < -0.4 is 4.74 Å². The zero-order valence-electron chi connectivity index (χ0n) is 10.2. The number of rotatable bonds is 3. The molecule has 0 aliphatic rings. The predicted octanol–water partition coefficient (Wildman–Crippen LogP) is 4.47. The molecule has 0 aliphatic carbocycles. The van der Waals surface area contributed by atoms with Gasteiger partial charge >= 0.3 is 0 Å². The van der Waals surface area contributed by atoms with E-state index in [4.69, 9.17) is 16.3 Å². The summed E-state index contributed by atoms with van der Waals surface area (Å²) in [5.41, 5.74) is 2.71. The summed E-state index contributed by atoms with van der Waals surface area (Å²) in [5, 5.41) is -0.519. The summed E-state index contributed by atoms with van der Waals surface area (Å²) in [7, 11) is 0. The molecule has 0 bridgehead atoms. The molecule has 2 rings (SSSR count). The molecule has 0 amide bonds. The van der Waals surface area contributed by atoms with Crippen molar-refractivity contribution in [1.29, 1.82) is 0 Å². The number of benzene rings is 2. The molecule has 0 fully saturated rings. The fraction of sp³-hybridized carbons (Fsp3) is 0.133. The molecule has 0 radical (unpaired) electrons. The zero-order chi connectivity index (χ0) is 13.1. The van der Waals surface area contributed by atoms with Crippen molar-refractivity contribution >= 4 is 16.8 Å². The van der Waals surface area contributed by atoms with Gasteiger partial charge in [0.1, 0.15) is 11.5 Å². The molecule has 0 heterocycles. The molecule has 0 atom stereocenters. The van der Waals surface area contributed by atoms with Gasteiger partial charge < -0.3 is 4.74 Å². The Morgan fingerprint density at radius 3 is 2.44 bits per heavy atom. The first-order chi connectivity index (χ1) is 8.58. The summed E-state index contributed by atoms with van der Waals surface area (Å²) in [6, 6.07) is 12.7. The maximum absolute atomic E-state index is 11.3. The number of carbonyl (C=O) groups excluding carboxylic acids is 1. The molecule has 0 aromatic heterocycles. The summed E-state index contributed by atoms with van der Waals surface area (Å²) in [6.07, 6.45) is 0. The number of hydrogen-bond donors (Lipinski definition) is 0. The van der Waals surface area contributed by atoms with Crippen LogP contribution in [-0.2, 0) is 0 Å². The second kappa shape index (κ2) is 5.23. The first-order valence-corrected chi connectivity index (χ1v) is 5.99. The number of halogens is 1. The molecule has 0 saturated heterocycles. The van der Waals surface area contributed by atoms with Crippen molar-refractivity contribution in [2.24, 2.45) is 0 Å². The molecule has 2 aromatic carbocycles. The lowest BCUT2D eigenvalue weighted by molar-refractivity contribution is 0.107. The third kappa shape index (κ3) is 2.71. The van der Waals surface area contributed by atoms with Crippen LogP contribution in [0.4, 0.5) is 0 Å². The highest BCUT2D eigenvalue weighted by Crippen LogP contribution is 2.27. The maximum atomic E-state index is 11.3. The van der Waals surface area contributed by atoms with E-state index in [1.54, 1.807) is 24.3 Å². The van der Waals surface area contributed by atoms with Crippen LogP contribution in [0.1, 0.15) is 21.5 Å². The van der Waals surface area contributed by atoms with Crippen LogP contribution >= 0.6 is 11.6 Å². The van der Waals surface area contributed by atoms with E-state index < -0.39 is 5.24 Å². The summed E-state index contributed by atoms with van der Waals surface area (Å²) in [4.78, 5) is 11.3. The van der Waals surface area contributed by atoms with Gasteiger partial charge in [0.05, 0.1) is 5.56 Å². The van der Waals surface area contributed by atoms with E-state index in [9.17, 15) is 4.79 Å². The highest BCUT2D eigenvalue weighted by molar-refractivity contribution is 6.68. The second-order valence-electron chi connectivity index (χ2n) is 4.12. The van der Waals surface area contributed by atoms with Gasteiger partial charge in [-0.15, -0.1) is 0 Å². The summed E-state index contributed by atoms with van der Waals surface area (Å²) in [5.74, 6) is 1.17. The zero-order valence-corrected chi connectivity index (χ0v) is 11.0. The lowest BCUT2D eigenvalue weighted by atomic mass is 10.1. The van der Waals surface area contributed by atoms with Gasteiger partial charge in [0, 0.05) is 0 Å². The first-order valence-electron chi connectivity index (χ1n) is 5.62. The molecule has 0 N–H and O–H groups in total. The van der Waals surface area contributed by atoms with Crippen molar-refractivity contribution in [1.82, 2.24) is 0 Å². The van der Waals surface area contributed by atoms with Crippen LogP contribution in [0.5, 0.6) is 11.5 Å². The minimum absolute atomic E-state index is 0.373. The normalized spacial score (nSPS) is 10.2. The van der Waals surface area contributed by atoms with Crippen LogP contribution in [0.15, 0.2) is 42.5 Å². The number of ether oxygens (including phenoxy) is 1. The Morgan fingerprint density at radius 1 is 1.06 bits per heavy atom. The molecule has 2 nitrogen and oxygen atoms in total. The van der Waals surface area contributed by atoms with Gasteiger partial charge in [0.25, 0.3) is 5.24 Å². The van der Waals surface area contributed by atoms with Crippen LogP contribution in [0.25, 0.3) is 0 Å². The highest BCUT2D eigenvalue weighted by Gasteiger charge is 2.10. The highest BCUT2D eigenvalue weighted by atomic mass is 35.5. The number of carbonyl (C=O) groups is 1. The largest absolute Gasteiger partial charge is 0.457 e. The monoisotopic (exact) mass is 260 g/mol. The molecule has 92 valence electrons. The first kappa shape index (κ1) is 12.7. The fourth-order valence-corrected chi connectivity index (χ4v) is 1.78. The molecule has 18 heavy (non-hydrogen) atoms. The molecular formula is C15H13ClO2. The third-order valence-corrected chi connectivity index (χ3v) is 3.01. The van der Waals surface area contributed by atoms with Gasteiger partial charge in [-0.3, -0.25) is 4.79 Å². The number of hydrogen-bond acceptors (Lipinski definition) is 2. The SMILES string of the molecule is Cc1ccc(Oc2ccccc2C(=O)Cl)cc1C. The van der Waals surface area contributed by atoms with Crippen LogP contribution in [0.2, 0.25) is 0 Å². The average Bonchev–Trinajstić information content (AvgIpc) is 2.34. The van der Waals surface area contributed by atoms with Gasteiger partial charge in [0.15, 0.2) is 0 Å². The standard InChI is InChI=1S/C15H13ClO2/c1-10-7-8-12(9-11(10)2)18-14-6-4-3-5-13(14)15(16)17/h3-9H,1-2H3. The lowest BCUT2D eigenvalue weighted by Gasteiger charge is -2.10. The summed E-state index contributed by atoms with van der Waals surface area (Å²) in [6.45, 7) is 4.05. The van der Waals surface area contributed by atoms with Crippen molar-refractivity contribution in [2.75, 3.05) is 0 Å². The van der Waals surface area contributed by atoms with Gasteiger partial charge in [0.2, 0.25) is 0 Å². The van der Waals surface area contributed by atoms with Crippen molar-refractivity contribution in [3.05, 3.63) is 59.2 Å². The minimum atomic E-state index is -0.519. The Labute approximate surface area is 111 Å². The van der Waals surface area contributed by atoms with E-state index in [0.717, 1.165) is 5.56 Å². The van der Waals surface area contributed by atoms with Crippen molar-refractivity contribution in [3.8, 4) is 11.5 Å². The summed E-state index contributed by atoms with van der Waals surface area (Å²) < 4.78 is 5.70. The molecule has 0 spiro atoms. The van der Waals surface area contributed by atoms with E-state index in [0.29, 0.717) is 17.1 Å². The van der Waals surface area contributed by atoms with Gasteiger partial charge in [-0.05, 0) is 60.8 Å². The topological polar surface area (TPSA) is 26.3 Å². The van der Waals surface area contributed by atoms with E-state index in [1.807, 2.05) is 32.0 Å². The predicted molar refractivity (Wildman–Crippen MR) is 72.6 cm³/mol. The van der Waals surface area contributed by atoms with Gasteiger partial charge in [-0.2, -0.15) is 0 Å². The van der Waals surface area contributed by atoms with E-state index in [1.165, 1.54) is 5.56 Å². The maximum Gasteiger partial charge on any atom is 0.256 e. The Balaban J connectivity index is 2.34. The lowest BCUT2D eigenvalue weighted by Crippen LogP contribution is -1.95. The van der Waals surface area contributed by atoms with Crippen LogP contribution in [0, 0.1) is 13.8 Å². The van der Waals surface area contributed by atoms with E-state index in [2.05, 4.69) is 0 Å². The van der Waals surface area contributed by atoms with Crippen molar-refractivity contribution in [3.63, 3.8) is 0 Å². The Bertz CT molecular complexity index is 591. The van der Waals surface area contributed by atoms with Crippen molar-refractivity contribution < 1.29 is 9.53 Å². The van der Waals surface area contributed by atoms with E-state index >= 15 is 0 Å².